The van der Waals surface area contributed by atoms with Gasteiger partial charge >= 0.3 is 0 Å². The Morgan fingerprint density at radius 2 is 1.97 bits per heavy atom. The van der Waals surface area contributed by atoms with E-state index in [9.17, 15) is 9.90 Å². The minimum atomic E-state index is -0.661. The number of imidazole rings is 1. The summed E-state index contributed by atoms with van der Waals surface area (Å²) in [6.07, 6.45) is 6.38. The molecule has 1 aromatic carbocycles. The molecular weight excluding hydrogens is 406 g/mol. The average molecular weight is 442 g/mol. The van der Waals surface area contributed by atoms with Crippen LogP contribution in [0, 0.1) is 0 Å². The lowest BCUT2D eigenvalue weighted by Gasteiger charge is -2.36. The zero-order chi connectivity index (χ0) is 22.6. The third-order valence-corrected chi connectivity index (χ3v) is 6.54. The Balaban J connectivity index is 1.21. The van der Waals surface area contributed by atoms with Crippen molar-refractivity contribution in [2.24, 2.45) is 7.05 Å². The summed E-state index contributed by atoms with van der Waals surface area (Å²) in [6, 6.07) is 8.46. The number of nitrogens with one attached hydrogen (secondary N) is 1. The minimum absolute atomic E-state index is 0.0428. The van der Waals surface area contributed by atoms with Crippen LogP contribution < -0.4 is 10.1 Å². The second kappa shape index (κ2) is 10.0. The second-order valence-corrected chi connectivity index (χ2v) is 9.32. The van der Waals surface area contributed by atoms with Crippen LogP contribution in [0.3, 0.4) is 0 Å². The van der Waals surface area contributed by atoms with Gasteiger partial charge in [-0.1, -0.05) is 12.1 Å². The fraction of sp³-hybridized carbons (Fsp3) is 0.583. The van der Waals surface area contributed by atoms with Gasteiger partial charge in [-0.25, -0.2) is 4.98 Å². The lowest BCUT2D eigenvalue weighted by Crippen LogP contribution is -2.50. The lowest BCUT2D eigenvalue weighted by atomic mass is 9.99. The molecule has 0 unspecified atom stereocenters. The fourth-order valence-corrected chi connectivity index (χ4v) is 4.78. The Kier molecular flexibility index (Phi) is 7.13. The zero-order valence-corrected chi connectivity index (χ0v) is 19.2. The Labute approximate surface area is 190 Å². The average Bonchev–Trinajstić information content (AvgIpc) is 3.33. The number of rotatable bonds is 8. The highest BCUT2D eigenvalue weighted by atomic mass is 16.5. The molecule has 174 valence electrons. The summed E-state index contributed by atoms with van der Waals surface area (Å²) in [7, 11) is 1.96. The van der Waals surface area contributed by atoms with Crippen LogP contribution in [0.2, 0.25) is 0 Å². The summed E-state index contributed by atoms with van der Waals surface area (Å²) < 4.78 is 7.79. The number of piperidine rings is 1. The second-order valence-electron chi connectivity index (χ2n) is 9.32. The maximum Gasteiger partial charge on any atom is 0.217 e. The van der Waals surface area contributed by atoms with E-state index in [-0.39, 0.29) is 11.9 Å². The van der Waals surface area contributed by atoms with Gasteiger partial charge in [0.15, 0.2) is 0 Å². The van der Waals surface area contributed by atoms with Gasteiger partial charge in [0.2, 0.25) is 5.91 Å². The number of nitrogens with zero attached hydrogens (tertiary/aromatic N) is 4. The number of aromatic nitrogens is 2. The number of aryl methyl sites for hydroxylation is 1. The van der Waals surface area contributed by atoms with Crippen molar-refractivity contribution in [1.82, 2.24) is 24.7 Å². The molecule has 2 N–H and O–H groups in total. The van der Waals surface area contributed by atoms with E-state index in [0.29, 0.717) is 19.7 Å². The van der Waals surface area contributed by atoms with Crippen molar-refractivity contribution in [2.75, 3.05) is 32.7 Å². The van der Waals surface area contributed by atoms with Crippen molar-refractivity contribution in [1.29, 1.82) is 0 Å². The molecule has 8 nitrogen and oxygen atoms in total. The van der Waals surface area contributed by atoms with Gasteiger partial charge in [0, 0.05) is 71.7 Å². The molecule has 0 saturated carbocycles. The first-order valence-electron chi connectivity index (χ1n) is 11.5. The van der Waals surface area contributed by atoms with Gasteiger partial charge in [-0.15, -0.1) is 0 Å². The molecule has 32 heavy (non-hydrogen) atoms. The zero-order valence-electron chi connectivity index (χ0n) is 19.2. The monoisotopic (exact) mass is 441 g/mol. The van der Waals surface area contributed by atoms with E-state index in [0.717, 1.165) is 57.0 Å². The van der Waals surface area contributed by atoms with Crippen LogP contribution in [0.1, 0.15) is 37.6 Å². The van der Waals surface area contributed by atoms with Gasteiger partial charge in [0.1, 0.15) is 18.2 Å². The van der Waals surface area contributed by atoms with Crippen molar-refractivity contribution in [3.05, 3.63) is 48.0 Å². The number of hydrogen-bond donors (Lipinski definition) is 2. The summed E-state index contributed by atoms with van der Waals surface area (Å²) in [4.78, 5) is 20.2. The van der Waals surface area contributed by atoms with Crippen molar-refractivity contribution >= 4 is 5.91 Å². The molecule has 2 aliphatic heterocycles. The van der Waals surface area contributed by atoms with Gasteiger partial charge in [0.25, 0.3) is 0 Å². The van der Waals surface area contributed by atoms with Gasteiger partial charge in [-0.3, -0.25) is 9.69 Å². The molecule has 1 aromatic heterocycles. The highest BCUT2D eigenvalue weighted by Gasteiger charge is 2.38. The molecule has 2 aromatic rings. The number of hydrogen-bond acceptors (Lipinski definition) is 6. The molecule has 2 saturated heterocycles. The van der Waals surface area contributed by atoms with Crippen molar-refractivity contribution < 1.29 is 14.6 Å². The molecule has 1 amide bonds. The largest absolute Gasteiger partial charge is 0.486 e. The van der Waals surface area contributed by atoms with E-state index in [1.807, 2.05) is 29.9 Å². The Morgan fingerprint density at radius 3 is 2.62 bits per heavy atom. The van der Waals surface area contributed by atoms with E-state index < -0.39 is 5.60 Å². The maximum absolute atomic E-state index is 11.2. The molecule has 8 heteroatoms. The highest BCUT2D eigenvalue weighted by Crippen LogP contribution is 2.26. The number of benzene rings is 1. The van der Waals surface area contributed by atoms with E-state index in [4.69, 9.17) is 4.74 Å². The number of amides is 1. The first-order valence-corrected chi connectivity index (χ1v) is 11.5. The minimum Gasteiger partial charge on any atom is -0.486 e. The molecule has 0 bridgehead atoms. The summed E-state index contributed by atoms with van der Waals surface area (Å²) in [6.45, 7) is 6.99. The number of β-amino-alcohol motifs (C(OH)–C–C–N with tert-alkyl or cyclic N) is 1. The number of likely N-dealkylation sites (tertiary alicyclic amines) is 2. The molecule has 3 heterocycles. The molecule has 0 spiro atoms. The topological polar surface area (TPSA) is 82.9 Å². The van der Waals surface area contributed by atoms with Crippen molar-refractivity contribution in [3.63, 3.8) is 0 Å². The quantitative estimate of drug-likeness (QED) is 0.647. The first kappa shape index (κ1) is 22.8. The SMILES string of the molecule is CC(=O)NC1CCN(C[C@@]2(O)CCN(Cc3ccc(OCc4nccn4C)cc3)C2)CC1. The van der Waals surface area contributed by atoms with Crippen molar-refractivity contribution in [3.8, 4) is 5.75 Å². The number of carbonyl (C=O) groups is 1. The number of carbonyl (C=O) groups excluding carboxylic acids is 1. The molecule has 0 aliphatic carbocycles. The predicted molar refractivity (Wildman–Crippen MR) is 122 cm³/mol. The molecule has 1 atom stereocenters. The summed E-state index contributed by atoms with van der Waals surface area (Å²) in [5, 5.41) is 14.2. The van der Waals surface area contributed by atoms with Gasteiger partial charge in [-0.2, -0.15) is 0 Å². The van der Waals surface area contributed by atoms with Gasteiger partial charge in [-0.05, 0) is 37.0 Å². The first-order chi connectivity index (χ1) is 15.4. The van der Waals surface area contributed by atoms with Gasteiger partial charge in [0.05, 0.1) is 5.60 Å². The fourth-order valence-electron chi connectivity index (χ4n) is 4.78. The van der Waals surface area contributed by atoms with E-state index >= 15 is 0 Å². The third kappa shape index (κ3) is 6.09. The lowest BCUT2D eigenvalue weighted by molar-refractivity contribution is -0.120. The van der Waals surface area contributed by atoms with Crippen LogP contribution in [0.4, 0.5) is 0 Å². The van der Waals surface area contributed by atoms with E-state index in [1.165, 1.54) is 5.56 Å². The third-order valence-electron chi connectivity index (χ3n) is 6.54. The molecule has 0 radical (unpaired) electrons. The molecule has 2 aliphatic rings. The van der Waals surface area contributed by atoms with Crippen LogP contribution in [-0.2, 0) is 25.0 Å². The summed E-state index contributed by atoms with van der Waals surface area (Å²) in [5.74, 6) is 1.77. The van der Waals surface area contributed by atoms with E-state index in [2.05, 4.69) is 32.2 Å². The Hall–Kier alpha value is -2.42. The molecule has 4 rings (SSSR count). The number of aliphatic hydroxyl groups is 1. The normalized spacial score (nSPS) is 22.8. The molecule has 2 fully saturated rings. The standard InChI is InChI=1S/C24H35N5O3/c1-19(30)26-21-7-11-28(12-8-21)17-24(31)9-13-29(18-24)15-20-3-5-22(6-4-20)32-16-23-25-10-14-27(23)2/h3-6,10,14,21,31H,7-9,11-13,15-18H2,1-2H3,(H,26,30)/t24-/m0/s1. The summed E-state index contributed by atoms with van der Waals surface area (Å²) in [5.41, 5.74) is 0.557. The van der Waals surface area contributed by atoms with Crippen LogP contribution in [0.15, 0.2) is 36.7 Å². The number of ether oxygens (including phenoxy) is 1. The molecular formula is C24H35N5O3. The van der Waals surface area contributed by atoms with Crippen LogP contribution in [-0.4, -0.2) is 74.7 Å². The van der Waals surface area contributed by atoms with Crippen LogP contribution >= 0.6 is 0 Å². The Morgan fingerprint density at radius 1 is 1.22 bits per heavy atom. The van der Waals surface area contributed by atoms with E-state index in [1.54, 1.807) is 13.1 Å². The highest BCUT2D eigenvalue weighted by molar-refractivity contribution is 5.73. The summed E-state index contributed by atoms with van der Waals surface area (Å²) >= 11 is 0. The van der Waals surface area contributed by atoms with Crippen LogP contribution in [0.25, 0.3) is 0 Å². The van der Waals surface area contributed by atoms with Gasteiger partial charge < -0.3 is 24.6 Å². The predicted octanol–water partition coefficient (Wildman–Crippen LogP) is 1.54. The smallest absolute Gasteiger partial charge is 0.217 e. The Bertz CT molecular complexity index is 891. The van der Waals surface area contributed by atoms with Crippen molar-refractivity contribution in [2.45, 2.75) is 51.0 Å². The maximum atomic E-state index is 11.2. The van der Waals surface area contributed by atoms with Crippen LogP contribution in [0.5, 0.6) is 5.75 Å².